The van der Waals surface area contributed by atoms with Crippen molar-refractivity contribution in [2.24, 2.45) is 0 Å². The number of phenols is 1. The summed E-state index contributed by atoms with van der Waals surface area (Å²) in [5.74, 6) is 0.251. The van der Waals surface area contributed by atoms with Gasteiger partial charge < -0.3 is 14.9 Å². The summed E-state index contributed by atoms with van der Waals surface area (Å²) in [4.78, 5) is 21.3. The van der Waals surface area contributed by atoms with Gasteiger partial charge in [0, 0.05) is 37.1 Å². The van der Waals surface area contributed by atoms with E-state index in [4.69, 9.17) is 0 Å². The van der Waals surface area contributed by atoms with Gasteiger partial charge in [-0.1, -0.05) is 42.0 Å². The summed E-state index contributed by atoms with van der Waals surface area (Å²) < 4.78 is 0. The zero-order valence-corrected chi connectivity index (χ0v) is 15.9. The monoisotopic (exact) mass is 379 g/mol. The highest BCUT2D eigenvalue weighted by Gasteiger charge is 2.25. The average Bonchev–Trinajstić information content (AvgIpc) is 3.19. The number of carbonyl (C=O) groups is 1. The molecule has 0 aliphatic carbocycles. The van der Waals surface area contributed by atoms with Crippen LogP contribution >= 0.6 is 11.3 Å². The second-order valence-corrected chi connectivity index (χ2v) is 7.53. The van der Waals surface area contributed by atoms with Crippen molar-refractivity contribution < 1.29 is 9.90 Å². The molecule has 1 fully saturated rings. The van der Waals surface area contributed by atoms with Crippen molar-refractivity contribution in [2.45, 2.75) is 6.92 Å². The van der Waals surface area contributed by atoms with Crippen LogP contribution in [0.1, 0.15) is 16.1 Å². The number of aryl methyl sites for hydroxylation is 1. The minimum absolute atomic E-state index is 0.0263. The van der Waals surface area contributed by atoms with Crippen LogP contribution < -0.4 is 4.90 Å². The Hall–Kier alpha value is -2.86. The van der Waals surface area contributed by atoms with Gasteiger partial charge in [0.2, 0.25) is 0 Å². The Morgan fingerprint density at radius 2 is 1.74 bits per heavy atom. The van der Waals surface area contributed by atoms with Gasteiger partial charge in [0.1, 0.15) is 16.5 Å². The first kappa shape index (κ1) is 17.5. The van der Waals surface area contributed by atoms with Gasteiger partial charge in [-0.05, 0) is 19.1 Å². The Morgan fingerprint density at radius 3 is 2.44 bits per heavy atom. The van der Waals surface area contributed by atoms with E-state index in [1.54, 1.807) is 6.07 Å². The molecular weight excluding hydrogens is 358 g/mol. The van der Waals surface area contributed by atoms with Crippen molar-refractivity contribution in [1.29, 1.82) is 0 Å². The van der Waals surface area contributed by atoms with Crippen molar-refractivity contribution >= 4 is 22.9 Å². The van der Waals surface area contributed by atoms with Gasteiger partial charge in [-0.25, -0.2) is 4.98 Å². The smallest absolute Gasteiger partial charge is 0.273 e. The largest absolute Gasteiger partial charge is 0.506 e. The molecule has 1 aliphatic heterocycles. The van der Waals surface area contributed by atoms with E-state index >= 15 is 0 Å². The number of anilines is 1. The van der Waals surface area contributed by atoms with E-state index in [1.165, 1.54) is 16.9 Å². The van der Waals surface area contributed by atoms with Crippen molar-refractivity contribution in [3.63, 3.8) is 0 Å². The van der Waals surface area contributed by atoms with Crippen LogP contribution in [0, 0.1) is 6.92 Å². The molecule has 2 aromatic carbocycles. The first-order valence-electron chi connectivity index (χ1n) is 8.96. The maximum absolute atomic E-state index is 12.8. The van der Waals surface area contributed by atoms with E-state index in [0.717, 1.165) is 16.3 Å². The summed E-state index contributed by atoms with van der Waals surface area (Å²) in [5.41, 5.74) is 3.56. The molecule has 3 aromatic rings. The summed E-state index contributed by atoms with van der Waals surface area (Å²) in [5, 5.41) is 12.7. The minimum Gasteiger partial charge on any atom is -0.506 e. The molecule has 0 saturated carbocycles. The molecule has 138 valence electrons. The molecule has 1 aromatic heterocycles. The standard InChI is InChI=1S/C21H21N3O2S/c1-15-6-8-16(9-7-15)20-22-17(14-27-20)21(26)24-12-10-23(11-13-24)18-4-2-3-5-19(18)25/h2-9,14,25H,10-13H2,1H3. The number of benzene rings is 2. The second-order valence-electron chi connectivity index (χ2n) is 6.67. The number of thiazole rings is 1. The first-order chi connectivity index (χ1) is 13.1. The summed E-state index contributed by atoms with van der Waals surface area (Å²) in [6.45, 7) is 4.67. The summed E-state index contributed by atoms with van der Waals surface area (Å²) >= 11 is 1.50. The van der Waals surface area contributed by atoms with Crippen molar-refractivity contribution in [1.82, 2.24) is 9.88 Å². The summed E-state index contributed by atoms with van der Waals surface area (Å²) in [6, 6.07) is 15.5. The second kappa shape index (κ2) is 7.40. The average molecular weight is 379 g/mol. The number of hydrogen-bond acceptors (Lipinski definition) is 5. The fourth-order valence-electron chi connectivity index (χ4n) is 3.24. The summed E-state index contributed by atoms with van der Waals surface area (Å²) in [6.07, 6.45) is 0. The van der Waals surface area contributed by atoms with Gasteiger partial charge in [0.05, 0.1) is 5.69 Å². The third-order valence-electron chi connectivity index (χ3n) is 4.81. The maximum atomic E-state index is 12.8. The van der Waals surface area contributed by atoms with Crippen LogP contribution in [0.3, 0.4) is 0 Å². The molecule has 6 heteroatoms. The zero-order chi connectivity index (χ0) is 18.8. The number of aromatic nitrogens is 1. The van der Waals surface area contributed by atoms with E-state index in [-0.39, 0.29) is 11.7 Å². The van der Waals surface area contributed by atoms with Crippen LogP contribution in [0.15, 0.2) is 53.9 Å². The highest BCUT2D eigenvalue weighted by molar-refractivity contribution is 7.13. The van der Waals surface area contributed by atoms with E-state index in [0.29, 0.717) is 31.9 Å². The Labute approximate surface area is 162 Å². The van der Waals surface area contributed by atoms with Crippen LogP contribution in [-0.2, 0) is 0 Å². The molecule has 0 radical (unpaired) electrons. The quantitative estimate of drug-likeness (QED) is 0.752. The lowest BCUT2D eigenvalue weighted by molar-refractivity contribution is 0.0741. The number of amides is 1. The Balaban J connectivity index is 1.43. The SMILES string of the molecule is Cc1ccc(-c2nc(C(=O)N3CCN(c4ccccc4O)CC3)cs2)cc1. The normalized spacial score (nSPS) is 14.4. The van der Waals surface area contributed by atoms with Crippen LogP contribution in [0.25, 0.3) is 10.6 Å². The van der Waals surface area contributed by atoms with E-state index in [1.807, 2.05) is 40.6 Å². The molecule has 4 rings (SSSR count). The number of aromatic hydroxyl groups is 1. The molecule has 0 atom stereocenters. The summed E-state index contributed by atoms with van der Waals surface area (Å²) in [7, 11) is 0. The fraction of sp³-hybridized carbons (Fsp3) is 0.238. The number of carbonyl (C=O) groups excluding carboxylic acids is 1. The van der Waals surface area contributed by atoms with Crippen molar-refractivity contribution in [2.75, 3.05) is 31.1 Å². The molecule has 0 bridgehead atoms. The third-order valence-corrected chi connectivity index (χ3v) is 5.70. The molecule has 1 saturated heterocycles. The molecule has 1 aliphatic rings. The van der Waals surface area contributed by atoms with Gasteiger partial charge >= 0.3 is 0 Å². The van der Waals surface area contributed by atoms with Gasteiger partial charge in [0.15, 0.2) is 0 Å². The predicted molar refractivity (Wildman–Crippen MR) is 109 cm³/mol. The highest BCUT2D eigenvalue weighted by Crippen LogP contribution is 2.28. The zero-order valence-electron chi connectivity index (χ0n) is 15.1. The molecule has 5 nitrogen and oxygen atoms in total. The third kappa shape index (κ3) is 3.66. The molecule has 1 amide bonds. The van der Waals surface area contributed by atoms with Gasteiger partial charge in [-0.2, -0.15) is 0 Å². The number of phenolic OH excluding ortho intramolecular Hbond substituents is 1. The fourth-order valence-corrected chi connectivity index (χ4v) is 4.04. The maximum Gasteiger partial charge on any atom is 0.273 e. The van der Waals surface area contributed by atoms with Crippen LogP contribution in [0.5, 0.6) is 5.75 Å². The van der Waals surface area contributed by atoms with Crippen LogP contribution in [0.2, 0.25) is 0 Å². The molecule has 0 unspecified atom stereocenters. The lowest BCUT2D eigenvalue weighted by atomic mass is 10.2. The molecule has 1 N–H and O–H groups in total. The molecular formula is C21H21N3O2S. The first-order valence-corrected chi connectivity index (χ1v) is 9.84. The van der Waals surface area contributed by atoms with E-state index in [2.05, 4.69) is 28.9 Å². The minimum atomic E-state index is -0.0263. The molecule has 0 spiro atoms. The number of para-hydroxylation sites is 2. The Morgan fingerprint density at radius 1 is 1.04 bits per heavy atom. The lowest BCUT2D eigenvalue weighted by Gasteiger charge is -2.36. The Bertz CT molecular complexity index is 944. The van der Waals surface area contributed by atoms with Gasteiger partial charge in [-0.15, -0.1) is 11.3 Å². The molecule has 27 heavy (non-hydrogen) atoms. The number of hydrogen-bond donors (Lipinski definition) is 1. The van der Waals surface area contributed by atoms with Crippen LogP contribution in [0.4, 0.5) is 5.69 Å². The van der Waals surface area contributed by atoms with E-state index < -0.39 is 0 Å². The van der Waals surface area contributed by atoms with Gasteiger partial charge in [0.25, 0.3) is 5.91 Å². The number of nitrogens with zero attached hydrogens (tertiary/aromatic N) is 3. The molecule has 2 heterocycles. The number of piperazine rings is 1. The van der Waals surface area contributed by atoms with Crippen LogP contribution in [-0.4, -0.2) is 47.1 Å². The van der Waals surface area contributed by atoms with Crippen molar-refractivity contribution in [3.8, 4) is 16.3 Å². The Kier molecular flexibility index (Phi) is 4.81. The predicted octanol–water partition coefficient (Wildman–Crippen LogP) is 3.79. The topological polar surface area (TPSA) is 56.7 Å². The van der Waals surface area contributed by atoms with Crippen molar-refractivity contribution in [3.05, 3.63) is 65.2 Å². The highest BCUT2D eigenvalue weighted by atomic mass is 32.1. The lowest BCUT2D eigenvalue weighted by Crippen LogP contribution is -2.48. The van der Waals surface area contributed by atoms with Gasteiger partial charge in [-0.3, -0.25) is 4.79 Å². The number of rotatable bonds is 3. The van der Waals surface area contributed by atoms with E-state index in [9.17, 15) is 9.90 Å².